The number of β-amino-alcohol motifs (C(OH)–C–C–N with tert-alkyl or cyclic N) is 1. The molecular weight excluding hydrogens is 342 g/mol. The van der Waals surface area contributed by atoms with Crippen LogP contribution in [0.2, 0.25) is 0 Å². The van der Waals surface area contributed by atoms with Crippen molar-refractivity contribution in [3.05, 3.63) is 53.6 Å². The predicted octanol–water partition coefficient (Wildman–Crippen LogP) is 1.80. The number of amides is 1. The molecule has 2 aromatic rings. The summed E-state index contributed by atoms with van der Waals surface area (Å²) in [6, 6.07) is 7.85. The molecule has 1 fully saturated rings. The lowest BCUT2D eigenvalue weighted by Crippen LogP contribution is -2.47. The zero-order chi connectivity index (χ0) is 18.7. The van der Waals surface area contributed by atoms with Gasteiger partial charge in [-0.05, 0) is 29.9 Å². The minimum absolute atomic E-state index is 0.0189. The number of benzene rings is 1. The van der Waals surface area contributed by atoms with Crippen LogP contribution < -0.4 is 5.73 Å². The van der Waals surface area contributed by atoms with Crippen molar-refractivity contribution in [2.45, 2.75) is 32.0 Å². The maximum atomic E-state index is 12.6. The minimum atomic E-state index is -2.73. The third-order valence-electron chi connectivity index (χ3n) is 4.88. The van der Waals surface area contributed by atoms with E-state index in [1.54, 1.807) is 0 Å². The van der Waals surface area contributed by atoms with Crippen LogP contribution in [0.3, 0.4) is 0 Å². The number of halogens is 2. The third kappa shape index (κ3) is 3.91. The number of aromatic nitrogens is 2. The summed E-state index contributed by atoms with van der Waals surface area (Å²) in [5, 5.41) is 10.5. The number of hydrogen-bond acceptors (Lipinski definition) is 4. The molecule has 1 aliphatic heterocycles. The van der Waals surface area contributed by atoms with Gasteiger partial charge in [-0.25, -0.2) is 4.98 Å². The van der Waals surface area contributed by atoms with Gasteiger partial charge in [0.05, 0.1) is 12.4 Å². The van der Waals surface area contributed by atoms with Crippen LogP contribution in [0.5, 0.6) is 0 Å². The quantitative estimate of drug-likeness (QED) is 0.847. The largest absolute Gasteiger partial charge is 0.391 e. The Balaban J connectivity index is 1.63. The van der Waals surface area contributed by atoms with E-state index in [1.807, 2.05) is 24.3 Å². The molecule has 1 aliphatic rings. The Hall–Kier alpha value is -2.32. The predicted molar refractivity (Wildman–Crippen MR) is 91.5 cm³/mol. The van der Waals surface area contributed by atoms with Crippen molar-refractivity contribution in [2.24, 2.45) is 11.7 Å². The Kier molecular flexibility index (Phi) is 5.63. The van der Waals surface area contributed by atoms with E-state index in [2.05, 4.69) is 4.98 Å². The van der Waals surface area contributed by atoms with Crippen LogP contribution in [0.15, 0.2) is 36.8 Å². The second-order valence-electron chi connectivity index (χ2n) is 6.53. The fourth-order valence-corrected chi connectivity index (χ4v) is 3.36. The van der Waals surface area contributed by atoms with Crippen molar-refractivity contribution in [1.82, 2.24) is 14.5 Å². The molecule has 0 aliphatic carbocycles. The van der Waals surface area contributed by atoms with Crippen LogP contribution >= 0.6 is 0 Å². The fourth-order valence-electron chi connectivity index (χ4n) is 3.36. The molecule has 8 heteroatoms. The molecule has 1 unspecified atom stereocenters. The molecule has 2 heterocycles. The van der Waals surface area contributed by atoms with Gasteiger partial charge in [0.25, 0.3) is 5.91 Å². The van der Waals surface area contributed by atoms with Crippen LogP contribution in [-0.2, 0) is 13.0 Å². The highest BCUT2D eigenvalue weighted by Gasteiger charge is 2.31. The molecule has 0 saturated carbocycles. The number of aliphatic hydroxyl groups is 1. The van der Waals surface area contributed by atoms with Gasteiger partial charge in [-0.2, -0.15) is 8.78 Å². The SMILES string of the molecule is NCc1ccccc1CC1CCN(C(=O)c2cn(C(F)F)cn2)C[C@H]1O. The average molecular weight is 364 g/mol. The first-order chi connectivity index (χ1) is 12.5. The standard InChI is InChI=1S/C18H22F2N4O2/c19-18(20)24-9-15(22-11-24)17(26)23-6-5-13(16(25)10-23)7-12-3-1-2-4-14(12)8-21/h1-4,9,11,13,16,18,25H,5-8,10,21H2/t13?,16-/m1/s1. The molecule has 0 bridgehead atoms. The Bertz CT molecular complexity index is 765. The Labute approximate surface area is 150 Å². The smallest absolute Gasteiger partial charge is 0.319 e. The lowest BCUT2D eigenvalue weighted by atomic mass is 9.86. The summed E-state index contributed by atoms with van der Waals surface area (Å²) in [6.07, 6.45) is 2.60. The lowest BCUT2D eigenvalue weighted by Gasteiger charge is -2.36. The molecule has 1 saturated heterocycles. The first-order valence-corrected chi connectivity index (χ1v) is 8.55. The number of carbonyl (C=O) groups excluding carboxylic acids is 1. The highest BCUT2D eigenvalue weighted by Crippen LogP contribution is 2.25. The number of imidazole rings is 1. The summed E-state index contributed by atoms with van der Waals surface area (Å²) in [7, 11) is 0. The molecule has 2 atom stereocenters. The summed E-state index contributed by atoms with van der Waals surface area (Å²) < 4.78 is 25.8. The van der Waals surface area contributed by atoms with Gasteiger partial charge in [0, 0.05) is 25.8 Å². The fraction of sp³-hybridized carbons (Fsp3) is 0.444. The van der Waals surface area contributed by atoms with E-state index >= 15 is 0 Å². The van der Waals surface area contributed by atoms with Gasteiger partial charge in [-0.1, -0.05) is 24.3 Å². The number of nitrogens with zero attached hydrogens (tertiary/aromatic N) is 3. The van der Waals surface area contributed by atoms with Crippen LogP contribution in [-0.4, -0.2) is 44.7 Å². The van der Waals surface area contributed by atoms with Gasteiger partial charge in [0.2, 0.25) is 0 Å². The van der Waals surface area contributed by atoms with Gasteiger partial charge in [0.15, 0.2) is 0 Å². The van der Waals surface area contributed by atoms with Crippen molar-refractivity contribution < 1.29 is 18.7 Å². The number of carbonyl (C=O) groups is 1. The van der Waals surface area contributed by atoms with E-state index in [1.165, 1.54) is 4.90 Å². The molecule has 1 aromatic heterocycles. The third-order valence-corrected chi connectivity index (χ3v) is 4.88. The summed E-state index contributed by atoms with van der Waals surface area (Å²) in [5.41, 5.74) is 7.88. The molecule has 3 N–H and O–H groups in total. The van der Waals surface area contributed by atoms with E-state index in [4.69, 9.17) is 5.73 Å². The van der Waals surface area contributed by atoms with Gasteiger partial charge in [0.1, 0.15) is 5.69 Å². The molecule has 26 heavy (non-hydrogen) atoms. The first-order valence-electron chi connectivity index (χ1n) is 8.55. The number of hydrogen-bond donors (Lipinski definition) is 2. The van der Waals surface area contributed by atoms with Crippen LogP contribution in [0.1, 0.15) is 34.6 Å². The van der Waals surface area contributed by atoms with E-state index < -0.39 is 18.6 Å². The van der Waals surface area contributed by atoms with Gasteiger partial charge in [-0.15, -0.1) is 0 Å². The maximum Gasteiger partial charge on any atom is 0.319 e. The Morgan fingerprint density at radius 3 is 2.69 bits per heavy atom. The monoisotopic (exact) mass is 364 g/mol. The van der Waals surface area contributed by atoms with Crippen molar-refractivity contribution in [1.29, 1.82) is 0 Å². The van der Waals surface area contributed by atoms with Gasteiger partial charge >= 0.3 is 6.55 Å². The molecule has 0 spiro atoms. The Morgan fingerprint density at radius 2 is 2.08 bits per heavy atom. The second-order valence-corrected chi connectivity index (χ2v) is 6.53. The maximum absolute atomic E-state index is 12.6. The normalized spacial score (nSPS) is 20.6. The van der Waals surface area contributed by atoms with Crippen molar-refractivity contribution in [3.8, 4) is 0 Å². The minimum Gasteiger partial charge on any atom is -0.391 e. The van der Waals surface area contributed by atoms with E-state index in [0.29, 0.717) is 30.5 Å². The lowest BCUT2D eigenvalue weighted by molar-refractivity contribution is 0.0194. The summed E-state index contributed by atoms with van der Waals surface area (Å²) >= 11 is 0. The topological polar surface area (TPSA) is 84.4 Å². The van der Waals surface area contributed by atoms with E-state index in [0.717, 1.165) is 23.7 Å². The zero-order valence-electron chi connectivity index (χ0n) is 14.3. The number of nitrogens with two attached hydrogens (primary N) is 1. The van der Waals surface area contributed by atoms with Crippen molar-refractivity contribution >= 4 is 5.91 Å². The summed E-state index contributed by atoms with van der Waals surface area (Å²) in [5.74, 6) is -0.422. The number of piperidine rings is 1. The summed E-state index contributed by atoms with van der Waals surface area (Å²) in [4.78, 5) is 17.6. The second kappa shape index (κ2) is 7.92. The first kappa shape index (κ1) is 18.5. The molecule has 3 rings (SSSR count). The molecular formula is C18H22F2N4O2. The molecule has 6 nitrogen and oxygen atoms in total. The van der Waals surface area contributed by atoms with Crippen LogP contribution in [0, 0.1) is 5.92 Å². The number of aliphatic hydroxyl groups excluding tert-OH is 1. The molecule has 0 radical (unpaired) electrons. The number of alkyl halides is 2. The van der Waals surface area contributed by atoms with Crippen LogP contribution in [0.4, 0.5) is 8.78 Å². The zero-order valence-corrected chi connectivity index (χ0v) is 14.3. The van der Waals surface area contributed by atoms with Crippen molar-refractivity contribution in [3.63, 3.8) is 0 Å². The van der Waals surface area contributed by atoms with Gasteiger partial charge < -0.3 is 15.7 Å². The molecule has 1 amide bonds. The highest BCUT2D eigenvalue weighted by atomic mass is 19.3. The average Bonchev–Trinajstić information content (AvgIpc) is 3.13. The number of likely N-dealkylation sites (tertiary alicyclic amines) is 1. The van der Waals surface area contributed by atoms with Gasteiger partial charge in [-0.3, -0.25) is 9.36 Å². The molecule has 140 valence electrons. The van der Waals surface area contributed by atoms with Crippen LogP contribution in [0.25, 0.3) is 0 Å². The summed E-state index contributed by atoms with van der Waals surface area (Å²) in [6.45, 7) is -1.68. The van der Waals surface area contributed by atoms with Crippen molar-refractivity contribution in [2.75, 3.05) is 13.1 Å². The Morgan fingerprint density at radius 1 is 1.35 bits per heavy atom. The number of rotatable bonds is 5. The van der Waals surface area contributed by atoms with E-state index in [-0.39, 0.29) is 18.2 Å². The van der Waals surface area contributed by atoms with E-state index in [9.17, 15) is 18.7 Å². The molecule has 1 aromatic carbocycles. The highest BCUT2D eigenvalue weighted by molar-refractivity contribution is 5.92.